The molecule has 2 heteroatoms. The van der Waals surface area contributed by atoms with Crippen molar-refractivity contribution in [2.45, 2.75) is 53.4 Å². The van der Waals surface area contributed by atoms with Crippen LogP contribution in [0.3, 0.4) is 0 Å². The Kier molecular flexibility index (Phi) is 9.42. The van der Waals surface area contributed by atoms with Gasteiger partial charge in [0.2, 0.25) is 0 Å². The second-order valence-corrected chi connectivity index (χ2v) is 4.36. The molecular formula is C12H26O2. The molecular weight excluding hydrogens is 176 g/mol. The Balaban J connectivity index is 3.19. The Bertz CT molecular complexity index is 101. The van der Waals surface area contributed by atoms with E-state index in [1.165, 1.54) is 25.7 Å². The Morgan fingerprint density at radius 1 is 0.786 bits per heavy atom. The van der Waals surface area contributed by atoms with Crippen molar-refractivity contribution in [1.82, 2.24) is 0 Å². The summed E-state index contributed by atoms with van der Waals surface area (Å²) in [6.07, 6.45) is 4.87. The monoisotopic (exact) mass is 202 g/mol. The third-order valence-corrected chi connectivity index (χ3v) is 2.35. The summed E-state index contributed by atoms with van der Waals surface area (Å²) >= 11 is 0. The second-order valence-electron chi connectivity index (χ2n) is 4.36. The first kappa shape index (κ1) is 13.9. The van der Waals surface area contributed by atoms with E-state index >= 15 is 0 Å². The smallest absolute Gasteiger partial charge is 0.0847 e. The summed E-state index contributed by atoms with van der Waals surface area (Å²) in [5, 5.41) is 0. The highest BCUT2D eigenvalue weighted by atomic mass is 17.2. The molecule has 0 aromatic carbocycles. The van der Waals surface area contributed by atoms with Crippen LogP contribution in [0.5, 0.6) is 0 Å². The van der Waals surface area contributed by atoms with Crippen molar-refractivity contribution in [3.63, 3.8) is 0 Å². The molecule has 0 fully saturated rings. The number of hydrogen-bond donors (Lipinski definition) is 0. The minimum Gasteiger partial charge on any atom is -0.236 e. The van der Waals surface area contributed by atoms with Gasteiger partial charge in [-0.15, -0.1) is 0 Å². The molecule has 0 rings (SSSR count). The summed E-state index contributed by atoms with van der Waals surface area (Å²) in [6.45, 7) is 10.2. The average Bonchev–Trinajstić information content (AvgIpc) is 2.13. The van der Waals surface area contributed by atoms with Crippen molar-refractivity contribution >= 4 is 0 Å². The van der Waals surface area contributed by atoms with Gasteiger partial charge >= 0.3 is 0 Å². The summed E-state index contributed by atoms with van der Waals surface area (Å²) in [7, 11) is 0. The van der Waals surface area contributed by atoms with Crippen LogP contribution in [0.1, 0.15) is 53.4 Å². The molecule has 0 saturated carbocycles. The molecule has 2 atom stereocenters. The predicted octanol–water partition coefficient (Wildman–Crippen LogP) is 3.81. The molecule has 0 amide bonds. The van der Waals surface area contributed by atoms with E-state index in [9.17, 15) is 0 Å². The van der Waals surface area contributed by atoms with Gasteiger partial charge in [-0.1, -0.05) is 40.5 Å². The predicted molar refractivity (Wildman–Crippen MR) is 60.0 cm³/mol. The van der Waals surface area contributed by atoms with Gasteiger partial charge < -0.3 is 0 Å². The maximum Gasteiger partial charge on any atom is 0.0847 e. The van der Waals surface area contributed by atoms with Gasteiger partial charge in [0.1, 0.15) is 0 Å². The average molecular weight is 202 g/mol. The molecule has 0 aromatic rings. The van der Waals surface area contributed by atoms with Gasteiger partial charge in [-0.25, -0.2) is 9.78 Å². The lowest BCUT2D eigenvalue weighted by molar-refractivity contribution is -0.306. The van der Waals surface area contributed by atoms with E-state index in [0.29, 0.717) is 11.8 Å². The number of hydrogen-bond acceptors (Lipinski definition) is 2. The zero-order chi connectivity index (χ0) is 10.8. The molecule has 86 valence electrons. The van der Waals surface area contributed by atoms with Crippen LogP contribution in [-0.4, -0.2) is 13.2 Å². The van der Waals surface area contributed by atoms with Crippen LogP contribution in [0.2, 0.25) is 0 Å². The largest absolute Gasteiger partial charge is 0.236 e. The number of rotatable bonds is 9. The second kappa shape index (κ2) is 9.47. The maximum atomic E-state index is 5.16. The zero-order valence-electron chi connectivity index (χ0n) is 10.2. The molecule has 0 aliphatic heterocycles. The third kappa shape index (κ3) is 8.52. The van der Waals surface area contributed by atoms with Gasteiger partial charge in [0, 0.05) is 0 Å². The van der Waals surface area contributed by atoms with Crippen molar-refractivity contribution in [1.29, 1.82) is 0 Å². The molecule has 0 saturated heterocycles. The van der Waals surface area contributed by atoms with Gasteiger partial charge in [0.25, 0.3) is 0 Å². The normalized spacial score (nSPS) is 15.4. The summed E-state index contributed by atoms with van der Waals surface area (Å²) < 4.78 is 0. The first-order valence-corrected chi connectivity index (χ1v) is 5.95. The fourth-order valence-corrected chi connectivity index (χ4v) is 1.48. The third-order valence-electron chi connectivity index (χ3n) is 2.35. The fraction of sp³-hybridized carbons (Fsp3) is 1.00. The summed E-state index contributed by atoms with van der Waals surface area (Å²) in [5.74, 6) is 1.22. The van der Waals surface area contributed by atoms with E-state index in [2.05, 4.69) is 27.7 Å². The highest BCUT2D eigenvalue weighted by molar-refractivity contribution is 4.49. The zero-order valence-corrected chi connectivity index (χ0v) is 10.2. The topological polar surface area (TPSA) is 18.5 Å². The summed E-state index contributed by atoms with van der Waals surface area (Å²) in [4.78, 5) is 10.3. The van der Waals surface area contributed by atoms with Crippen LogP contribution >= 0.6 is 0 Å². The molecule has 0 aromatic heterocycles. The summed E-state index contributed by atoms with van der Waals surface area (Å²) in [6, 6.07) is 0. The quantitative estimate of drug-likeness (QED) is 0.321. The van der Waals surface area contributed by atoms with Crippen molar-refractivity contribution in [2.24, 2.45) is 11.8 Å². The molecule has 2 nitrogen and oxygen atoms in total. The molecule has 0 bridgehead atoms. The van der Waals surface area contributed by atoms with E-state index in [0.717, 1.165) is 13.2 Å². The van der Waals surface area contributed by atoms with E-state index in [1.54, 1.807) is 0 Å². The van der Waals surface area contributed by atoms with Gasteiger partial charge in [-0.2, -0.15) is 0 Å². The first-order chi connectivity index (χ1) is 6.70. The van der Waals surface area contributed by atoms with Crippen LogP contribution in [0.15, 0.2) is 0 Å². The van der Waals surface area contributed by atoms with Crippen LogP contribution in [0.4, 0.5) is 0 Å². The SMILES string of the molecule is CCCC(C)COOCC(C)CCC. The van der Waals surface area contributed by atoms with E-state index in [-0.39, 0.29) is 0 Å². The molecule has 2 unspecified atom stereocenters. The Hall–Kier alpha value is -0.0800. The minimum absolute atomic E-state index is 0.612. The van der Waals surface area contributed by atoms with Gasteiger partial charge in [-0.05, 0) is 24.7 Å². The lowest BCUT2D eigenvalue weighted by atomic mass is 10.1. The maximum absolute atomic E-state index is 5.16. The minimum atomic E-state index is 0.612. The molecule has 0 heterocycles. The van der Waals surface area contributed by atoms with Gasteiger partial charge in [0.05, 0.1) is 13.2 Å². The van der Waals surface area contributed by atoms with E-state index in [1.807, 2.05) is 0 Å². The molecule has 0 aliphatic rings. The lowest BCUT2D eigenvalue weighted by Crippen LogP contribution is -2.10. The Labute approximate surface area is 88.9 Å². The lowest BCUT2D eigenvalue weighted by Gasteiger charge is -2.12. The van der Waals surface area contributed by atoms with E-state index in [4.69, 9.17) is 9.78 Å². The summed E-state index contributed by atoms with van der Waals surface area (Å²) in [5.41, 5.74) is 0. The van der Waals surface area contributed by atoms with Crippen LogP contribution in [-0.2, 0) is 9.78 Å². The van der Waals surface area contributed by atoms with Crippen LogP contribution in [0.25, 0.3) is 0 Å². The van der Waals surface area contributed by atoms with Crippen molar-refractivity contribution < 1.29 is 9.78 Å². The first-order valence-electron chi connectivity index (χ1n) is 5.95. The molecule has 0 aliphatic carbocycles. The molecule has 0 spiro atoms. The van der Waals surface area contributed by atoms with E-state index < -0.39 is 0 Å². The highest BCUT2D eigenvalue weighted by Gasteiger charge is 2.03. The Morgan fingerprint density at radius 3 is 1.43 bits per heavy atom. The van der Waals surface area contributed by atoms with Crippen LogP contribution in [0, 0.1) is 11.8 Å². The van der Waals surface area contributed by atoms with Gasteiger partial charge in [-0.3, -0.25) is 0 Å². The van der Waals surface area contributed by atoms with Crippen molar-refractivity contribution in [2.75, 3.05) is 13.2 Å². The van der Waals surface area contributed by atoms with Crippen molar-refractivity contribution in [3.8, 4) is 0 Å². The van der Waals surface area contributed by atoms with Crippen molar-refractivity contribution in [3.05, 3.63) is 0 Å². The fourth-order valence-electron chi connectivity index (χ4n) is 1.48. The molecule has 0 N–H and O–H groups in total. The standard InChI is InChI=1S/C12H26O2/c1-5-7-11(3)9-13-14-10-12(4)8-6-2/h11-12H,5-10H2,1-4H3. The van der Waals surface area contributed by atoms with Gasteiger partial charge in [0.15, 0.2) is 0 Å². The highest BCUT2D eigenvalue weighted by Crippen LogP contribution is 2.08. The molecule has 0 radical (unpaired) electrons. The van der Waals surface area contributed by atoms with Crippen LogP contribution < -0.4 is 0 Å². The Morgan fingerprint density at radius 2 is 1.14 bits per heavy atom. The molecule has 14 heavy (non-hydrogen) atoms.